The zero-order valence-electron chi connectivity index (χ0n) is 19.1. The molecule has 0 spiro atoms. The van der Waals surface area contributed by atoms with Crippen LogP contribution in [0.15, 0.2) is 12.2 Å². The van der Waals surface area contributed by atoms with Crippen molar-refractivity contribution in [3.8, 4) is 0 Å². The number of aliphatic carboxylic acids is 2. The van der Waals surface area contributed by atoms with Crippen LogP contribution < -0.4 is 56.5 Å². The zero-order valence-corrected chi connectivity index (χ0v) is 22.3. The first kappa shape index (κ1) is 31.5. The smallest absolute Gasteiger partial charge is 0.550 e. The Morgan fingerprint density at radius 2 is 1.17 bits per heavy atom. The van der Waals surface area contributed by atoms with Crippen molar-refractivity contribution in [2.24, 2.45) is 5.92 Å². The van der Waals surface area contributed by atoms with Gasteiger partial charge in [0, 0.05) is 12.4 Å². The van der Waals surface area contributed by atoms with Gasteiger partial charge < -0.3 is 15.0 Å². The van der Waals surface area contributed by atoms with E-state index in [1.165, 1.54) is 83.5 Å². The van der Waals surface area contributed by atoms with Crippen molar-refractivity contribution in [3.05, 3.63) is 12.2 Å². The molecule has 0 aliphatic rings. The number of carbonyl (C=O) groups excluding carboxylic acids is 1. The quantitative estimate of drug-likeness (QED) is 0.171. The fourth-order valence-corrected chi connectivity index (χ4v) is 3.51. The maximum Gasteiger partial charge on any atom is 1.00 e. The normalized spacial score (nSPS) is 12.0. The summed E-state index contributed by atoms with van der Waals surface area (Å²) < 4.78 is 0. The van der Waals surface area contributed by atoms with Gasteiger partial charge in [-0.2, -0.15) is 0 Å². The van der Waals surface area contributed by atoms with Crippen LogP contribution >= 0.6 is 0 Å². The van der Waals surface area contributed by atoms with E-state index in [2.05, 4.69) is 19.1 Å². The Morgan fingerprint density at radius 3 is 1.59 bits per heavy atom. The number of carbonyl (C=O) groups is 2. The van der Waals surface area contributed by atoms with Gasteiger partial charge >= 0.3 is 57.4 Å². The minimum atomic E-state index is -1.29. The number of allylic oxidation sites excluding steroid dienone is 2. The van der Waals surface area contributed by atoms with E-state index in [0.29, 0.717) is 12.8 Å². The molecule has 164 valence electrons. The third kappa shape index (κ3) is 24.5. The van der Waals surface area contributed by atoms with E-state index in [-0.39, 0.29) is 51.4 Å². The maximum atomic E-state index is 10.9. The van der Waals surface area contributed by atoms with E-state index in [4.69, 9.17) is 5.11 Å². The Hall–Kier alpha value is 0.316. The molecular weight excluding hydrogens is 391 g/mol. The first-order valence-electron chi connectivity index (χ1n) is 11.7. The topological polar surface area (TPSA) is 77.4 Å². The van der Waals surface area contributed by atoms with Crippen LogP contribution in [0.4, 0.5) is 0 Å². The molecule has 0 aromatic rings. The molecule has 29 heavy (non-hydrogen) atoms. The Morgan fingerprint density at radius 1 is 0.759 bits per heavy atom. The molecule has 1 unspecified atom stereocenters. The molecule has 0 saturated heterocycles. The summed E-state index contributed by atoms with van der Waals surface area (Å²) in [5.74, 6) is -3.15. The van der Waals surface area contributed by atoms with Crippen molar-refractivity contribution >= 4 is 11.9 Å². The Labute approximate surface area is 221 Å². The van der Waals surface area contributed by atoms with Gasteiger partial charge in [-0.1, -0.05) is 96.1 Å². The number of carboxylic acid groups (broad SMARTS) is 2. The van der Waals surface area contributed by atoms with Crippen LogP contribution in [-0.2, 0) is 9.59 Å². The second-order valence-electron chi connectivity index (χ2n) is 8.04. The average molecular weight is 435 g/mol. The monoisotopic (exact) mass is 434 g/mol. The first-order valence-corrected chi connectivity index (χ1v) is 11.7. The summed E-state index contributed by atoms with van der Waals surface area (Å²) in [7, 11) is 0. The van der Waals surface area contributed by atoms with Crippen molar-refractivity contribution in [1.82, 2.24) is 0 Å². The van der Waals surface area contributed by atoms with Gasteiger partial charge in [0.2, 0.25) is 0 Å². The standard InChI is InChI=1S/C24H44O4.K/c1-2-3-4-5-6-7-8-9-10-11-12-13-14-15-16-17-18-19-20-22(24(27)28)21-23(25)26;/h16-17,22H,2-15,18-21H2,1H3,(H,25,26)(H,27,28);/q;+1/p-1/b17-16+;. The first-order chi connectivity index (χ1) is 13.6. The molecule has 0 aliphatic carbocycles. The van der Waals surface area contributed by atoms with E-state index in [1.807, 2.05) is 0 Å². The number of carboxylic acids is 2. The number of hydrogen-bond donors (Lipinski definition) is 1. The molecule has 0 fully saturated rings. The third-order valence-electron chi connectivity index (χ3n) is 5.33. The predicted octanol–water partition coefficient (Wildman–Crippen LogP) is 3.04. The van der Waals surface area contributed by atoms with Crippen molar-refractivity contribution in [1.29, 1.82) is 0 Å². The van der Waals surface area contributed by atoms with Gasteiger partial charge in [0.05, 0.1) is 5.92 Å². The van der Waals surface area contributed by atoms with Crippen molar-refractivity contribution in [2.75, 3.05) is 0 Å². The second kappa shape index (κ2) is 24.6. The fraction of sp³-hybridized carbons (Fsp3) is 0.833. The third-order valence-corrected chi connectivity index (χ3v) is 5.33. The van der Waals surface area contributed by atoms with Gasteiger partial charge in [-0.25, -0.2) is 0 Å². The Bertz CT molecular complexity index is 410. The Kier molecular flexibility index (Phi) is 26.7. The van der Waals surface area contributed by atoms with Crippen LogP contribution in [0, 0.1) is 5.92 Å². The van der Waals surface area contributed by atoms with Crippen LogP contribution in [0.2, 0.25) is 0 Å². The Balaban J connectivity index is 0. The van der Waals surface area contributed by atoms with Crippen LogP contribution in [0.25, 0.3) is 0 Å². The van der Waals surface area contributed by atoms with E-state index in [1.54, 1.807) is 0 Å². The van der Waals surface area contributed by atoms with Crippen molar-refractivity contribution < 1.29 is 71.2 Å². The minimum Gasteiger partial charge on any atom is -0.550 e. The summed E-state index contributed by atoms with van der Waals surface area (Å²) in [5.41, 5.74) is 0. The molecule has 0 aliphatic heterocycles. The molecule has 0 aromatic carbocycles. The molecule has 4 nitrogen and oxygen atoms in total. The molecule has 0 aromatic heterocycles. The molecule has 0 radical (unpaired) electrons. The summed E-state index contributed by atoms with van der Waals surface area (Å²) in [4.78, 5) is 21.5. The van der Waals surface area contributed by atoms with Crippen LogP contribution in [0.5, 0.6) is 0 Å². The predicted molar refractivity (Wildman–Crippen MR) is 114 cm³/mol. The molecule has 0 saturated carbocycles. The molecule has 0 rings (SSSR count). The van der Waals surface area contributed by atoms with Gasteiger partial charge in [0.1, 0.15) is 0 Å². The molecule has 5 heteroatoms. The molecular formula is C24H43KO4. The fourth-order valence-electron chi connectivity index (χ4n) is 3.51. The summed E-state index contributed by atoms with van der Waals surface area (Å²) in [6, 6.07) is 0. The second-order valence-corrected chi connectivity index (χ2v) is 8.04. The summed E-state index contributed by atoms with van der Waals surface area (Å²) in [6.07, 6.45) is 24.6. The van der Waals surface area contributed by atoms with Gasteiger partial charge in [-0.05, 0) is 32.1 Å². The largest absolute Gasteiger partial charge is 1.00 e. The maximum absolute atomic E-state index is 10.9. The number of hydrogen-bond acceptors (Lipinski definition) is 3. The van der Waals surface area contributed by atoms with Gasteiger partial charge in [0.25, 0.3) is 0 Å². The summed E-state index contributed by atoms with van der Waals surface area (Å²) in [6.45, 7) is 2.26. The van der Waals surface area contributed by atoms with E-state index in [0.717, 1.165) is 12.8 Å². The van der Waals surface area contributed by atoms with Gasteiger partial charge in [-0.15, -0.1) is 0 Å². The zero-order chi connectivity index (χ0) is 20.9. The SMILES string of the molecule is CCCCCCCCCCCCCCC/C=C/CCCC(CC(=O)[O-])C(=O)O.[K+]. The van der Waals surface area contributed by atoms with Crippen molar-refractivity contribution in [2.45, 2.75) is 122 Å². The van der Waals surface area contributed by atoms with E-state index >= 15 is 0 Å². The van der Waals surface area contributed by atoms with Crippen LogP contribution in [0.3, 0.4) is 0 Å². The van der Waals surface area contributed by atoms with Gasteiger partial charge in [0.15, 0.2) is 0 Å². The molecule has 1 N–H and O–H groups in total. The van der Waals surface area contributed by atoms with E-state index < -0.39 is 24.3 Å². The van der Waals surface area contributed by atoms with Crippen LogP contribution in [0.1, 0.15) is 122 Å². The van der Waals surface area contributed by atoms with E-state index in [9.17, 15) is 14.7 Å². The number of rotatable bonds is 21. The summed E-state index contributed by atoms with van der Waals surface area (Å²) in [5, 5.41) is 19.5. The molecule has 0 amide bonds. The minimum absolute atomic E-state index is 0. The molecule has 0 bridgehead atoms. The van der Waals surface area contributed by atoms with Gasteiger partial charge in [-0.3, -0.25) is 4.79 Å². The van der Waals surface area contributed by atoms with Crippen molar-refractivity contribution in [3.63, 3.8) is 0 Å². The summed E-state index contributed by atoms with van der Waals surface area (Å²) >= 11 is 0. The molecule has 0 heterocycles. The molecule has 1 atom stereocenters. The average Bonchev–Trinajstić information content (AvgIpc) is 2.65. The number of unbranched alkanes of at least 4 members (excludes halogenated alkanes) is 14. The van der Waals surface area contributed by atoms with Crippen LogP contribution in [-0.4, -0.2) is 17.0 Å².